The highest BCUT2D eigenvalue weighted by Crippen LogP contribution is 2.25. The van der Waals surface area contributed by atoms with E-state index >= 15 is 0 Å². The molecule has 5 heterocycles. The third-order valence-electron chi connectivity index (χ3n) is 5.80. The summed E-state index contributed by atoms with van der Waals surface area (Å²) >= 11 is 0. The van der Waals surface area contributed by atoms with Gasteiger partial charge < -0.3 is 14.5 Å². The van der Waals surface area contributed by atoms with Crippen LogP contribution in [0.4, 0.5) is 5.82 Å². The molecule has 0 radical (unpaired) electrons. The van der Waals surface area contributed by atoms with Crippen molar-refractivity contribution in [1.29, 1.82) is 0 Å². The minimum absolute atomic E-state index is 0.0811. The Morgan fingerprint density at radius 3 is 2.52 bits per heavy atom. The van der Waals surface area contributed by atoms with Crippen LogP contribution in [0.3, 0.4) is 0 Å². The molecule has 0 saturated carbocycles. The Kier molecular flexibility index (Phi) is 4.89. The van der Waals surface area contributed by atoms with E-state index in [-0.39, 0.29) is 5.91 Å². The van der Waals surface area contributed by atoms with Crippen molar-refractivity contribution < 1.29 is 9.53 Å². The molecule has 0 spiro atoms. The number of rotatable bonds is 3. The zero-order valence-electron chi connectivity index (χ0n) is 16.5. The number of fused-ring (bicyclic) bond motifs is 1. The summed E-state index contributed by atoms with van der Waals surface area (Å²) in [5, 5.41) is 4.54. The normalized spacial score (nSPS) is 17.7. The van der Waals surface area contributed by atoms with Crippen molar-refractivity contribution >= 4 is 17.2 Å². The molecule has 0 bridgehead atoms. The first-order chi connectivity index (χ1) is 14.3. The number of piperidine rings is 1. The number of morpholine rings is 1. The summed E-state index contributed by atoms with van der Waals surface area (Å²) in [6.45, 7) is 4.88. The highest BCUT2D eigenvalue weighted by Gasteiger charge is 2.22. The van der Waals surface area contributed by atoms with Crippen LogP contribution in [0.5, 0.6) is 0 Å². The first-order valence-electron chi connectivity index (χ1n) is 10.4. The Balaban J connectivity index is 1.45. The minimum Gasteiger partial charge on any atom is -0.378 e. The number of hydrogen-bond acceptors (Lipinski definition) is 5. The van der Waals surface area contributed by atoms with E-state index in [4.69, 9.17) is 4.74 Å². The van der Waals surface area contributed by atoms with Crippen LogP contribution in [0.2, 0.25) is 0 Å². The molecule has 5 rings (SSSR count). The standard InChI is InChI=1S/C22H25N5O2/c28-22(26-9-2-1-3-10-26)18-16-24-27-19(5-4-6-20(18)27)17-7-8-21(23-15-17)25-11-13-29-14-12-25/h4-8,15-16H,1-3,9-14H2. The van der Waals surface area contributed by atoms with Gasteiger partial charge in [0.2, 0.25) is 0 Å². The van der Waals surface area contributed by atoms with Crippen LogP contribution in [-0.4, -0.2) is 64.8 Å². The second kappa shape index (κ2) is 7.83. The summed E-state index contributed by atoms with van der Waals surface area (Å²) in [5.41, 5.74) is 3.43. The largest absolute Gasteiger partial charge is 0.378 e. The summed E-state index contributed by atoms with van der Waals surface area (Å²) in [4.78, 5) is 21.8. The van der Waals surface area contributed by atoms with Gasteiger partial charge in [-0.25, -0.2) is 9.50 Å². The first-order valence-corrected chi connectivity index (χ1v) is 10.4. The lowest BCUT2D eigenvalue weighted by molar-refractivity contribution is 0.0726. The lowest BCUT2D eigenvalue weighted by Gasteiger charge is -2.27. The number of ether oxygens (including phenoxy) is 1. The molecule has 2 aliphatic rings. The zero-order chi connectivity index (χ0) is 19.6. The Bertz CT molecular complexity index is 1000. The molecule has 0 N–H and O–H groups in total. The smallest absolute Gasteiger partial charge is 0.257 e. The fourth-order valence-corrected chi connectivity index (χ4v) is 4.18. The maximum absolute atomic E-state index is 13.0. The Morgan fingerprint density at radius 2 is 1.76 bits per heavy atom. The molecule has 0 atom stereocenters. The lowest BCUT2D eigenvalue weighted by Crippen LogP contribution is -2.36. The number of carbonyl (C=O) groups is 1. The van der Waals surface area contributed by atoms with Crippen LogP contribution < -0.4 is 4.90 Å². The quantitative estimate of drug-likeness (QED) is 0.687. The van der Waals surface area contributed by atoms with Crippen LogP contribution in [0.25, 0.3) is 16.8 Å². The molecule has 3 aromatic rings. The maximum atomic E-state index is 13.0. The van der Waals surface area contributed by atoms with Gasteiger partial charge in [-0.2, -0.15) is 5.10 Å². The van der Waals surface area contributed by atoms with Gasteiger partial charge in [-0.05, 0) is 43.5 Å². The molecule has 2 saturated heterocycles. The fraction of sp³-hybridized carbons (Fsp3) is 0.409. The third-order valence-corrected chi connectivity index (χ3v) is 5.80. The molecule has 0 aliphatic carbocycles. The molecule has 2 fully saturated rings. The molecule has 0 aromatic carbocycles. The van der Waals surface area contributed by atoms with E-state index in [1.807, 2.05) is 39.9 Å². The van der Waals surface area contributed by atoms with Crippen LogP contribution in [0.15, 0.2) is 42.7 Å². The second-order valence-electron chi connectivity index (χ2n) is 7.62. The topological polar surface area (TPSA) is 63.0 Å². The summed E-state index contributed by atoms with van der Waals surface area (Å²) in [6.07, 6.45) is 6.95. The van der Waals surface area contributed by atoms with Gasteiger partial charge in [-0.15, -0.1) is 0 Å². The average Bonchev–Trinajstić information content (AvgIpc) is 3.24. The number of aromatic nitrogens is 3. The molecule has 0 unspecified atom stereocenters. The number of amides is 1. The van der Waals surface area contributed by atoms with Crippen LogP contribution in [0.1, 0.15) is 29.6 Å². The van der Waals surface area contributed by atoms with E-state index in [2.05, 4.69) is 21.0 Å². The summed E-state index contributed by atoms with van der Waals surface area (Å²) in [6, 6.07) is 10.1. The van der Waals surface area contributed by atoms with Crippen molar-refractivity contribution in [3.05, 3.63) is 48.3 Å². The predicted molar refractivity (Wildman–Crippen MR) is 111 cm³/mol. The highest BCUT2D eigenvalue weighted by atomic mass is 16.5. The predicted octanol–water partition coefficient (Wildman–Crippen LogP) is 2.86. The Morgan fingerprint density at radius 1 is 0.931 bits per heavy atom. The van der Waals surface area contributed by atoms with E-state index in [1.54, 1.807) is 6.20 Å². The van der Waals surface area contributed by atoms with E-state index in [0.717, 1.165) is 74.8 Å². The van der Waals surface area contributed by atoms with Crippen molar-refractivity contribution in [2.45, 2.75) is 19.3 Å². The van der Waals surface area contributed by atoms with Crippen LogP contribution in [-0.2, 0) is 4.74 Å². The summed E-state index contributed by atoms with van der Waals surface area (Å²) in [7, 11) is 0. The van der Waals surface area contributed by atoms with Gasteiger partial charge in [0.05, 0.1) is 36.2 Å². The van der Waals surface area contributed by atoms with Crippen molar-refractivity contribution in [3.8, 4) is 11.3 Å². The summed E-state index contributed by atoms with van der Waals surface area (Å²) < 4.78 is 7.27. The monoisotopic (exact) mass is 391 g/mol. The Labute approximate surface area is 169 Å². The van der Waals surface area contributed by atoms with Crippen molar-refractivity contribution in [1.82, 2.24) is 19.5 Å². The van der Waals surface area contributed by atoms with E-state index in [9.17, 15) is 4.79 Å². The van der Waals surface area contributed by atoms with Gasteiger partial charge in [0, 0.05) is 37.9 Å². The van der Waals surface area contributed by atoms with Crippen molar-refractivity contribution in [3.63, 3.8) is 0 Å². The van der Waals surface area contributed by atoms with Gasteiger partial charge >= 0.3 is 0 Å². The van der Waals surface area contributed by atoms with Gasteiger partial charge in [0.1, 0.15) is 5.82 Å². The third kappa shape index (κ3) is 3.46. The van der Waals surface area contributed by atoms with Crippen molar-refractivity contribution in [2.75, 3.05) is 44.3 Å². The molecule has 1 amide bonds. The molecular formula is C22H25N5O2. The molecule has 3 aromatic heterocycles. The number of hydrogen-bond donors (Lipinski definition) is 0. The first kappa shape index (κ1) is 18.1. The molecule has 7 heteroatoms. The van der Waals surface area contributed by atoms with E-state index in [1.165, 1.54) is 6.42 Å². The van der Waals surface area contributed by atoms with E-state index in [0.29, 0.717) is 5.56 Å². The number of carbonyl (C=O) groups excluding carboxylic acids is 1. The number of nitrogens with zero attached hydrogens (tertiary/aromatic N) is 5. The van der Waals surface area contributed by atoms with Gasteiger partial charge in [-0.1, -0.05) is 6.07 Å². The van der Waals surface area contributed by atoms with Crippen LogP contribution >= 0.6 is 0 Å². The molecule has 2 aliphatic heterocycles. The lowest BCUT2D eigenvalue weighted by atomic mass is 10.1. The van der Waals surface area contributed by atoms with Gasteiger partial charge in [-0.3, -0.25) is 4.79 Å². The number of pyridine rings is 2. The van der Waals surface area contributed by atoms with Gasteiger partial charge in [0.15, 0.2) is 0 Å². The molecule has 150 valence electrons. The Hall–Kier alpha value is -2.93. The molecular weight excluding hydrogens is 366 g/mol. The minimum atomic E-state index is 0.0811. The second-order valence-corrected chi connectivity index (χ2v) is 7.62. The molecule has 29 heavy (non-hydrogen) atoms. The van der Waals surface area contributed by atoms with E-state index < -0.39 is 0 Å². The summed E-state index contributed by atoms with van der Waals surface area (Å²) in [5.74, 6) is 1.04. The molecule has 7 nitrogen and oxygen atoms in total. The van der Waals surface area contributed by atoms with Crippen LogP contribution in [0, 0.1) is 0 Å². The highest BCUT2D eigenvalue weighted by molar-refractivity contribution is 6.01. The van der Waals surface area contributed by atoms with Crippen molar-refractivity contribution in [2.24, 2.45) is 0 Å². The van der Waals surface area contributed by atoms with Gasteiger partial charge in [0.25, 0.3) is 5.91 Å². The average molecular weight is 391 g/mol. The SMILES string of the molecule is O=C(c1cnn2c(-c3ccc(N4CCOCC4)nc3)cccc12)N1CCCCC1. The maximum Gasteiger partial charge on any atom is 0.257 e. The zero-order valence-corrected chi connectivity index (χ0v) is 16.5. The number of likely N-dealkylation sites (tertiary alicyclic amines) is 1. The number of anilines is 1. The fourth-order valence-electron chi connectivity index (χ4n) is 4.18.